The second-order valence-corrected chi connectivity index (χ2v) is 6.16. The maximum absolute atomic E-state index is 5.38. The predicted octanol–water partition coefficient (Wildman–Crippen LogP) is 3.90. The van der Waals surface area contributed by atoms with Gasteiger partial charge in [-0.2, -0.15) is 10.1 Å². The van der Waals surface area contributed by atoms with Gasteiger partial charge in [0.25, 0.3) is 0 Å². The number of hydrogen-bond donors (Lipinski definition) is 2. The summed E-state index contributed by atoms with van der Waals surface area (Å²) in [5.41, 5.74) is 4.48. The van der Waals surface area contributed by atoms with Crippen molar-refractivity contribution in [3.63, 3.8) is 0 Å². The summed E-state index contributed by atoms with van der Waals surface area (Å²) in [6, 6.07) is 14.2. The molecule has 6 nitrogen and oxygen atoms in total. The van der Waals surface area contributed by atoms with Crippen LogP contribution in [-0.4, -0.2) is 28.8 Å². The van der Waals surface area contributed by atoms with Crippen molar-refractivity contribution < 1.29 is 4.74 Å². The molecule has 2 aromatic carbocycles. The summed E-state index contributed by atoms with van der Waals surface area (Å²) in [5.74, 6) is 2.05. The molecular formula is C20H23N5O. The summed E-state index contributed by atoms with van der Waals surface area (Å²) < 4.78 is 5.38. The van der Waals surface area contributed by atoms with E-state index >= 15 is 0 Å². The number of aromatic nitrogens is 3. The van der Waals surface area contributed by atoms with Crippen molar-refractivity contribution >= 4 is 17.5 Å². The lowest BCUT2D eigenvalue weighted by molar-refractivity contribution is 0.410. The lowest BCUT2D eigenvalue weighted by Crippen LogP contribution is -2.09. The van der Waals surface area contributed by atoms with E-state index in [9.17, 15) is 0 Å². The number of rotatable bonds is 7. The number of para-hydroxylation sites is 1. The summed E-state index contributed by atoms with van der Waals surface area (Å²) in [5, 5.41) is 14.6. The minimum atomic E-state index is 0.470. The van der Waals surface area contributed by atoms with Crippen LogP contribution in [0.4, 0.5) is 17.5 Å². The number of nitrogens with zero attached hydrogens (tertiary/aromatic N) is 3. The van der Waals surface area contributed by atoms with Crippen LogP contribution in [0.3, 0.4) is 0 Å². The largest absolute Gasteiger partial charge is 0.496 e. The summed E-state index contributed by atoms with van der Waals surface area (Å²) >= 11 is 0. The third-order valence-electron chi connectivity index (χ3n) is 3.93. The van der Waals surface area contributed by atoms with E-state index in [0.717, 1.165) is 30.0 Å². The zero-order valence-corrected chi connectivity index (χ0v) is 15.3. The van der Waals surface area contributed by atoms with Gasteiger partial charge in [0.05, 0.1) is 13.3 Å². The highest BCUT2D eigenvalue weighted by molar-refractivity contribution is 5.56. The highest BCUT2D eigenvalue weighted by Crippen LogP contribution is 2.19. The topological polar surface area (TPSA) is 72.0 Å². The molecule has 0 amide bonds. The number of aryl methyl sites for hydroxylation is 2. The second kappa shape index (κ2) is 8.29. The van der Waals surface area contributed by atoms with Crippen molar-refractivity contribution in [2.24, 2.45) is 0 Å². The van der Waals surface area contributed by atoms with E-state index in [-0.39, 0.29) is 0 Å². The van der Waals surface area contributed by atoms with Gasteiger partial charge in [-0.3, -0.25) is 0 Å². The van der Waals surface area contributed by atoms with Gasteiger partial charge in [0.15, 0.2) is 5.82 Å². The van der Waals surface area contributed by atoms with Crippen LogP contribution in [0.5, 0.6) is 5.75 Å². The number of methoxy groups -OCH3 is 1. The Balaban J connectivity index is 1.62. The summed E-state index contributed by atoms with van der Waals surface area (Å²) in [4.78, 5) is 4.47. The van der Waals surface area contributed by atoms with Gasteiger partial charge in [0, 0.05) is 12.2 Å². The van der Waals surface area contributed by atoms with Crippen LogP contribution in [0, 0.1) is 13.8 Å². The fourth-order valence-electron chi connectivity index (χ4n) is 2.85. The number of anilines is 3. The molecule has 0 unspecified atom stereocenters. The lowest BCUT2D eigenvalue weighted by Gasteiger charge is -2.10. The van der Waals surface area contributed by atoms with Gasteiger partial charge in [-0.05, 0) is 55.2 Å². The molecule has 0 fully saturated rings. The Morgan fingerprint density at radius 2 is 1.81 bits per heavy atom. The summed E-state index contributed by atoms with van der Waals surface area (Å²) in [7, 11) is 1.69. The fourth-order valence-corrected chi connectivity index (χ4v) is 2.85. The molecule has 26 heavy (non-hydrogen) atoms. The van der Waals surface area contributed by atoms with Crippen LogP contribution in [0.1, 0.15) is 16.7 Å². The molecule has 0 bridgehead atoms. The third-order valence-corrected chi connectivity index (χ3v) is 3.93. The Labute approximate surface area is 153 Å². The molecule has 0 atom stereocenters. The molecule has 0 saturated carbocycles. The molecular weight excluding hydrogens is 326 g/mol. The SMILES string of the molecule is COc1ccccc1CCNc1cnnc(Nc2cc(C)cc(C)c2)n1. The van der Waals surface area contributed by atoms with Crippen molar-refractivity contribution in [3.8, 4) is 5.75 Å². The average Bonchev–Trinajstić information content (AvgIpc) is 2.61. The van der Waals surface area contributed by atoms with Crippen LogP contribution >= 0.6 is 0 Å². The smallest absolute Gasteiger partial charge is 0.249 e. The van der Waals surface area contributed by atoms with Crippen LogP contribution in [0.15, 0.2) is 48.7 Å². The lowest BCUT2D eigenvalue weighted by atomic mass is 10.1. The molecule has 6 heteroatoms. The van der Waals surface area contributed by atoms with Crippen LogP contribution < -0.4 is 15.4 Å². The maximum atomic E-state index is 5.38. The molecule has 0 spiro atoms. The molecule has 3 aromatic rings. The molecule has 0 saturated heterocycles. The molecule has 0 aliphatic rings. The Morgan fingerprint density at radius 1 is 1.04 bits per heavy atom. The highest BCUT2D eigenvalue weighted by atomic mass is 16.5. The standard InChI is InChI=1S/C20H23N5O/c1-14-10-15(2)12-17(11-14)23-20-24-19(13-22-25-20)21-9-8-16-6-4-5-7-18(16)26-3/h4-7,10-13H,8-9H2,1-3H3,(H2,21,23,24,25). The first kappa shape index (κ1) is 17.7. The normalized spacial score (nSPS) is 10.4. The molecule has 0 radical (unpaired) electrons. The zero-order valence-electron chi connectivity index (χ0n) is 15.3. The van der Waals surface area contributed by atoms with Crippen LogP contribution in [0.2, 0.25) is 0 Å². The molecule has 2 N–H and O–H groups in total. The van der Waals surface area contributed by atoms with Crippen LogP contribution in [-0.2, 0) is 6.42 Å². The minimum Gasteiger partial charge on any atom is -0.496 e. The summed E-state index contributed by atoms with van der Waals surface area (Å²) in [6.07, 6.45) is 2.45. The molecule has 1 heterocycles. The van der Waals surface area contributed by atoms with E-state index in [1.54, 1.807) is 13.3 Å². The Morgan fingerprint density at radius 3 is 2.58 bits per heavy atom. The van der Waals surface area contributed by atoms with E-state index in [1.807, 2.05) is 18.2 Å². The van der Waals surface area contributed by atoms with Crippen LogP contribution in [0.25, 0.3) is 0 Å². The Kier molecular flexibility index (Phi) is 5.63. The zero-order chi connectivity index (χ0) is 18.4. The van der Waals surface area contributed by atoms with E-state index in [1.165, 1.54) is 11.1 Å². The molecule has 0 aliphatic heterocycles. The van der Waals surface area contributed by atoms with Crippen molar-refractivity contribution in [1.29, 1.82) is 0 Å². The first-order valence-corrected chi connectivity index (χ1v) is 8.55. The van der Waals surface area contributed by atoms with Gasteiger partial charge >= 0.3 is 0 Å². The van der Waals surface area contributed by atoms with Gasteiger partial charge in [-0.25, -0.2) is 0 Å². The Bertz CT molecular complexity index is 861. The maximum Gasteiger partial charge on any atom is 0.249 e. The van der Waals surface area contributed by atoms with Gasteiger partial charge in [-0.1, -0.05) is 24.3 Å². The molecule has 0 aliphatic carbocycles. The quantitative estimate of drug-likeness (QED) is 0.674. The number of nitrogens with one attached hydrogen (secondary N) is 2. The number of hydrogen-bond acceptors (Lipinski definition) is 6. The first-order valence-electron chi connectivity index (χ1n) is 8.55. The summed E-state index contributed by atoms with van der Waals surface area (Å²) in [6.45, 7) is 4.85. The first-order chi connectivity index (χ1) is 12.6. The van der Waals surface area contributed by atoms with Crippen molar-refractivity contribution in [3.05, 3.63) is 65.4 Å². The van der Waals surface area contributed by atoms with Crippen molar-refractivity contribution in [2.75, 3.05) is 24.3 Å². The number of ether oxygens (including phenoxy) is 1. The Hall–Kier alpha value is -3.15. The predicted molar refractivity (Wildman–Crippen MR) is 104 cm³/mol. The molecule has 1 aromatic heterocycles. The second-order valence-electron chi connectivity index (χ2n) is 6.16. The fraction of sp³-hybridized carbons (Fsp3) is 0.250. The van der Waals surface area contributed by atoms with Gasteiger partial charge in [0.2, 0.25) is 5.95 Å². The van der Waals surface area contributed by atoms with Gasteiger partial charge < -0.3 is 15.4 Å². The molecule has 134 valence electrons. The van der Waals surface area contributed by atoms with Gasteiger partial charge in [0.1, 0.15) is 5.75 Å². The third kappa shape index (κ3) is 4.69. The molecule has 3 rings (SSSR count). The van der Waals surface area contributed by atoms with Crippen molar-refractivity contribution in [1.82, 2.24) is 15.2 Å². The average molecular weight is 349 g/mol. The highest BCUT2D eigenvalue weighted by Gasteiger charge is 2.04. The van der Waals surface area contributed by atoms with E-state index in [2.05, 4.69) is 63.9 Å². The monoisotopic (exact) mass is 349 g/mol. The van der Waals surface area contributed by atoms with Crippen molar-refractivity contribution in [2.45, 2.75) is 20.3 Å². The van der Waals surface area contributed by atoms with E-state index in [0.29, 0.717) is 11.8 Å². The van der Waals surface area contributed by atoms with Gasteiger partial charge in [-0.15, -0.1) is 5.10 Å². The van der Waals surface area contributed by atoms with E-state index < -0.39 is 0 Å². The number of benzene rings is 2. The van der Waals surface area contributed by atoms with E-state index in [4.69, 9.17) is 4.74 Å². The minimum absolute atomic E-state index is 0.470.